The number of methoxy groups -OCH3 is 1. The third-order valence-corrected chi connectivity index (χ3v) is 2.77. The van der Waals surface area contributed by atoms with E-state index >= 15 is 0 Å². The smallest absolute Gasteiger partial charge is 0.383 e. The topological polar surface area (TPSA) is 64.3 Å². The van der Waals surface area contributed by atoms with Crippen molar-refractivity contribution in [3.8, 4) is 0 Å². The molecule has 0 aliphatic heterocycles. The third-order valence-electron chi connectivity index (χ3n) is 2.77. The number of halogens is 4. The molecule has 1 aromatic rings. The minimum absolute atomic E-state index is 0.128. The number of carbonyl (C=O) groups excluding carboxylic acids is 1. The molecule has 0 aromatic heterocycles. The molecule has 1 atom stereocenters. The quantitative estimate of drug-likeness (QED) is 0.789. The Bertz CT molecular complexity index is 486. The second-order valence-electron chi connectivity index (χ2n) is 4.37. The third kappa shape index (κ3) is 4.68. The summed E-state index contributed by atoms with van der Waals surface area (Å²) in [6, 6.07) is 2.06. The zero-order chi connectivity index (χ0) is 16.0. The number of rotatable bonds is 6. The van der Waals surface area contributed by atoms with Crippen LogP contribution in [0.25, 0.3) is 0 Å². The van der Waals surface area contributed by atoms with Gasteiger partial charge in [0.25, 0.3) is 5.91 Å². The Kier molecular flexibility index (Phi) is 6.10. The molecule has 0 aliphatic carbocycles. The van der Waals surface area contributed by atoms with Crippen molar-refractivity contribution in [1.82, 2.24) is 5.32 Å². The number of nitrogens with two attached hydrogens (primary N) is 1. The highest BCUT2D eigenvalue weighted by Crippen LogP contribution is 2.32. The van der Waals surface area contributed by atoms with Crippen molar-refractivity contribution in [2.75, 3.05) is 20.3 Å². The van der Waals surface area contributed by atoms with E-state index in [0.717, 1.165) is 12.1 Å². The summed E-state index contributed by atoms with van der Waals surface area (Å²) in [5, 5.41) is 2.40. The molecule has 3 N–H and O–H groups in total. The van der Waals surface area contributed by atoms with Crippen LogP contribution in [0.3, 0.4) is 0 Å². The van der Waals surface area contributed by atoms with Gasteiger partial charge in [0.15, 0.2) is 0 Å². The summed E-state index contributed by atoms with van der Waals surface area (Å²) in [4.78, 5) is 11.9. The van der Waals surface area contributed by atoms with Crippen LogP contribution in [-0.4, -0.2) is 32.2 Å². The minimum Gasteiger partial charge on any atom is -0.383 e. The first-order valence-electron chi connectivity index (χ1n) is 6.16. The van der Waals surface area contributed by atoms with Crippen LogP contribution in [0.1, 0.15) is 22.3 Å². The minimum atomic E-state index is -4.86. The van der Waals surface area contributed by atoms with E-state index in [4.69, 9.17) is 10.5 Å². The van der Waals surface area contributed by atoms with E-state index in [1.807, 2.05) is 0 Å². The lowest BCUT2D eigenvalue weighted by molar-refractivity contribution is -0.140. The fraction of sp³-hybridized carbons (Fsp3) is 0.462. The predicted molar refractivity (Wildman–Crippen MR) is 68.2 cm³/mol. The molecule has 0 spiro atoms. The lowest BCUT2D eigenvalue weighted by Gasteiger charge is -2.18. The number of hydrogen-bond acceptors (Lipinski definition) is 3. The zero-order valence-electron chi connectivity index (χ0n) is 11.3. The van der Waals surface area contributed by atoms with E-state index in [1.54, 1.807) is 0 Å². The first-order chi connectivity index (χ1) is 9.81. The monoisotopic (exact) mass is 308 g/mol. The number of ether oxygens (including phenoxy) is 1. The zero-order valence-corrected chi connectivity index (χ0v) is 11.3. The Balaban J connectivity index is 2.97. The summed E-state index contributed by atoms with van der Waals surface area (Å²) in [5.74, 6) is -2.53. The van der Waals surface area contributed by atoms with Crippen LogP contribution < -0.4 is 11.1 Å². The van der Waals surface area contributed by atoms with Crippen LogP contribution in [0.5, 0.6) is 0 Å². The summed E-state index contributed by atoms with van der Waals surface area (Å²) in [5.41, 5.74) is 3.22. The van der Waals surface area contributed by atoms with Gasteiger partial charge in [-0.25, -0.2) is 4.39 Å². The Morgan fingerprint density at radius 2 is 2.10 bits per heavy atom. The van der Waals surface area contributed by atoms with Gasteiger partial charge in [0.2, 0.25) is 0 Å². The Labute approximate surface area is 119 Å². The molecular formula is C13H16F4N2O2. The fourth-order valence-electron chi connectivity index (χ4n) is 1.79. The highest BCUT2D eigenvalue weighted by molar-refractivity contribution is 5.94. The van der Waals surface area contributed by atoms with E-state index in [0.29, 0.717) is 12.5 Å². The average molecular weight is 308 g/mol. The number of hydrogen-bond donors (Lipinski definition) is 2. The number of carbonyl (C=O) groups is 1. The molecule has 0 radical (unpaired) electrons. The standard InChI is InChI=1S/C13H16F4N2O2/c1-21-7-8(5-6-18)19-12(20)9-3-2-4-10(11(9)14)13(15,16)17/h2-4,8H,5-7,18H2,1H3,(H,19,20). The largest absolute Gasteiger partial charge is 0.419 e. The lowest BCUT2D eigenvalue weighted by Crippen LogP contribution is -2.40. The molecule has 1 unspecified atom stereocenters. The van der Waals surface area contributed by atoms with E-state index in [-0.39, 0.29) is 13.2 Å². The summed E-state index contributed by atoms with van der Waals surface area (Å²) in [6.45, 7) is 0.378. The molecule has 0 saturated heterocycles. The van der Waals surface area contributed by atoms with E-state index < -0.39 is 35.1 Å². The van der Waals surface area contributed by atoms with E-state index in [1.165, 1.54) is 7.11 Å². The first kappa shape index (κ1) is 17.4. The van der Waals surface area contributed by atoms with Crippen LogP contribution in [0.4, 0.5) is 17.6 Å². The lowest BCUT2D eigenvalue weighted by atomic mass is 10.1. The molecule has 1 aromatic carbocycles. The van der Waals surface area contributed by atoms with Crippen molar-refractivity contribution in [3.05, 3.63) is 35.1 Å². The number of nitrogens with one attached hydrogen (secondary N) is 1. The molecule has 4 nitrogen and oxygen atoms in total. The summed E-state index contributed by atoms with van der Waals surface area (Å²) >= 11 is 0. The molecular weight excluding hydrogens is 292 g/mol. The van der Waals surface area contributed by atoms with E-state index in [2.05, 4.69) is 5.32 Å². The van der Waals surface area contributed by atoms with Gasteiger partial charge in [-0.05, 0) is 25.1 Å². The van der Waals surface area contributed by atoms with E-state index in [9.17, 15) is 22.4 Å². The normalized spacial score (nSPS) is 13.0. The Morgan fingerprint density at radius 3 is 2.62 bits per heavy atom. The maximum Gasteiger partial charge on any atom is 0.419 e. The van der Waals surface area contributed by atoms with Gasteiger partial charge in [0, 0.05) is 7.11 Å². The van der Waals surface area contributed by atoms with Crippen molar-refractivity contribution in [2.24, 2.45) is 5.73 Å². The van der Waals surface area contributed by atoms with Gasteiger partial charge < -0.3 is 15.8 Å². The molecule has 0 bridgehead atoms. The van der Waals surface area contributed by atoms with Gasteiger partial charge in [-0.2, -0.15) is 13.2 Å². The average Bonchev–Trinajstić information content (AvgIpc) is 2.38. The van der Waals surface area contributed by atoms with Crippen LogP contribution in [0.15, 0.2) is 18.2 Å². The highest BCUT2D eigenvalue weighted by Gasteiger charge is 2.35. The Hall–Kier alpha value is -1.67. The van der Waals surface area contributed by atoms with Crippen LogP contribution >= 0.6 is 0 Å². The van der Waals surface area contributed by atoms with Crippen molar-refractivity contribution in [1.29, 1.82) is 0 Å². The molecule has 0 heterocycles. The molecule has 21 heavy (non-hydrogen) atoms. The highest BCUT2D eigenvalue weighted by atomic mass is 19.4. The Morgan fingerprint density at radius 1 is 1.43 bits per heavy atom. The molecule has 1 rings (SSSR count). The van der Waals surface area contributed by atoms with Crippen LogP contribution in [0, 0.1) is 5.82 Å². The number of benzene rings is 1. The van der Waals surface area contributed by atoms with Crippen molar-refractivity contribution >= 4 is 5.91 Å². The van der Waals surface area contributed by atoms with Gasteiger partial charge in [0.1, 0.15) is 5.82 Å². The number of alkyl halides is 3. The van der Waals surface area contributed by atoms with Gasteiger partial charge >= 0.3 is 6.18 Å². The van der Waals surface area contributed by atoms with Gasteiger partial charge in [0.05, 0.1) is 23.8 Å². The van der Waals surface area contributed by atoms with Gasteiger partial charge in [-0.1, -0.05) is 6.07 Å². The maximum atomic E-state index is 13.8. The first-order valence-corrected chi connectivity index (χ1v) is 6.16. The molecule has 118 valence electrons. The second kappa shape index (κ2) is 7.37. The van der Waals surface area contributed by atoms with Crippen molar-refractivity contribution in [3.63, 3.8) is 0 Å². The van der Waals surface area contributed by atoms with Crippen molar-refractivity contribution in [2.45, 2.75) is 18.6 Å². The molecule has 1 amide bonds. The van der Waals surface area contributed by atoms with Crippen molar-refractivity contribution < 1.29 is 27.1 Å². The van der Waals surface area contributed by atoms with Gasteiger partial charge in [-0.15, -0.1) is 0 Å². The molecule has 0 aliphatic rings. The maximum absolute atomic E-state index is 13.8. The van der Waals surface area contributed by atoms with Crippen LogP contribution in [-0.2, 0) is 10.9 Å². The summed E-state index contributed by atoms with van der Waals surface area (Å²) in [7, 11) is 1.40. The van der Waals surface area contributed by atoms with Crippen LogP contribution in [0.2, 0.25) is 0 Å². The summed E-state index contributed by atoms with van der Waals surface area (Å²) in [6.07, 6.45) is -4.50. The fourth-order valence-corrected chi connectivity index (χ4v) is 1.79. The SMILES string of the molecule is COCC(CCN)NC(=O)c1cccc(C(F)(F)F)c1F. The number of amides is 1. The molecule has 0 fully saturated rings. The predicted octanol–water partition coefficient (Wildman–Crippen LogP) is 1.94. The molecule has 8 heteroatoms. The van der Waals surface area contributed by atoms with Gasteiger partial charge in [-0.3, -0.25) is 4.79 Å². The summed E-state index contributed by atoms with van der Waals surface area (Å²) < 4.78 is 56.4. The molecule has 0 saturated carbocycles. The second-order valence-corrected chi connectivity index (χ2v) is 4.37.